The van der Waals surface area contributed by atoms with Gasteiger partial charge in [-0.2, -0.15) is 0 Å². The average molecular weight is 304 g/mol. The minimum absolute atomic E-state index is 0.171. The van der Waals surface area contributed by atoms with E-state index >= 15 is 0 Å². The van der Waals surface area contributed by atoms with Crippen LogP contribution in [-0.4, -0.2) is 13.2 Å². The van der Waals surface area contributed by atoms with Crippen molar-refractivity contribution in [2.45, 2.75) is 19.4 Å². The van der Waals surface area contributed by atoms with Crippen molar-refractivity contribution in [3.63, 3.8) is 0 Å². The highest BCUT2D eigenvalue weighted by molar-refractivity contribution is 6.31. The quantitative estimate of drug-likeness (QED) is 0.941. The van der Waals surface area contributed by atoms with Gasteiger partial charge in [0.15, 0.2) is 11.5 Å². The predicted octanol–water partition coefficient (Wildman–Crippen LogP) is 3.66. The zero-order valence-electron chi connectivity index (χ0n) is 11.9. The molecule has 0 aromatic heterocycles. The fourth-order valence-corrected chi connectivity index (χ4v) is 2.86. The Labute approximate surface area is 129 Å². The van der Waals surface area contributed by atoms with E-state index in [1.54, 1.807) is 6.07 Å². The lowest BCUT2D eigenvalue weighted by molar-refractivity contribution is 0.171. The van der Waals surface area contributed by atoms with Crippen molar-refractivity contribution in [2.75, 3.05) is 13.2 Å². The van der Waals surface area contributed by atoms with Crippen molar-refractivity contribution in [3.8, 4) is 11.5 Å². The second-order valence-corrected chi connectivity index (χ2v) is 5.72. The number of rotatable bonds is 3. The van der Waals surface area contributed by atoms with E-state index < -0.39 is 0 Å². The van der Waals surface area contributed by atoms with Crippen LogP contribution in [0.15, 0.2) is 36.4 Å². The Hall–Kier alpha value is -1.71. The summed E-state index contributed by atoms with van der Waals surface area (Å²) in [6.07, 6.45) is 0.737. The van der Waals surface area contributed by atoms with Gasteiger partial charge in [-0.3, -0.25) is 0 Å². The highest BCUT2D eigenvalue weighted by atomic mass is 35.5. The van der Waals surface area contributed by atoms with Crippen LogP contribution in [0.2, 0.25) is 5.02 Å². The second-order valence-electron chi connectivity index (χ2n) is 5.32. The topological polar surface area (TPSA) is 44.5 Å². The summed E-state index contributed by atoms with van der Waals surface area (Å²) in [6, 6.07) is 11.9. The van der Waals surface area contributed by atoms with Crippen molar-refractivity contribution in [3.05, 3.63) is 58.1 Å². The maximum Gasteiger partial charge on any atom is 0.162 e. The number of hydrogen-bond acceptors (Lipinski definition) is 3. The molecule has 1 unspecified atom stereocenters. The van der Waals surface area contributed by atoms with Crippen LogP contribution >= 0.6 is 11.6 Å². The van der Waals surface area contributed by atoms with Crippen LogP contribution in [0.5, 0.6) is 11.5 Å². The van der Waals surface area contributed by atoms with Crippen LogP contribution in [0.25, 0.3) is 0 Å². The Kier molecular flexibility index (Phi) is 4.04. The highest BCUT2D eigenvalue weighted by Gasteiger charge is 2.18. The first-order valence-electron chi connectivity index (χ1n) is 7.03. The lowest BCUT2D eigenvalue weighted by Gasteiger charge is -2.22. The van der Waals surface area contributed by atoms with E-state index in [1.807, 2.05) is 12.1 Å². The zero-order chi connectivity index (χ0) is 14.8. The number of aryl methyl sites for hydroxylation is 1. The fourth-order valence-electron chi connectivity index (χ4n) is 2.57. The summed E-state index contributed by atoms with van der Waals surface area (Å²) in [6.45, 7) is 3.19. The van der Waals surface area contributed by atoms with Crippen molar-refractivity contribution in [2.24, 2.45) is 5.73 Å². The van der Waals surface area contributed by atoms with Gasteiger partial charge in [-0.15, -0.1) is 0 Å². The van der Waals surface area contributed by atoms with Gasteiger partial charge in [-0.05, 0) is 30.5 Å². The molecule has 0 aliphatic carbocycles. The molecule has 0 saturated carbocycles. The molecule has 0 radical (unpaired) electrons. The van der Waals surface area contributed by atoms with Gasteiger partial charge in [-0.25, -0.2) is 0 Å². The van der Waals surface area contributed by atoms with Crippen LogP contribution in [0.3, 0.4) is 0 Å². The van der Waals surface area contributed by atoms with Gasteiger partial charge in [0, 0.05) is 17.1 Å². The van der Waals surface area contributed by atoms with Crippen molar-refractivity contribution >= 4 is 11.6 Å². The summed E-state index contributed by atoms with van der Waals surface area (Å²) in [7, 11) is 0. The summed E-state index contributed by atoms with van der Waals surface area (Å²) in [5.74, 6) is 1.41. The molecule has 1 heterocycles. The van der Waals surface area contributed by atoms with Gasteiger partial charge >= 0.3 is 0 Å². The van der Waals surface area contributed by atoms with Gasteiger partial charge in [0.2, 0.25) is 0 Å². The minimum atomic E-state index is -0.171. The molecule has 1 atom stereocenters. The summed E-state index contributed by atoms with van der Waals surface area (Å²) in [5, 5.41) is 0.624. The summed E-state index contributed by atoms with van der Waals surface area (Å²) in [5.41, 5.74) is 9.65. The SMILES string of the molecule is Cc1cccc(CC(N)c2cc3c(cc2Cl)OCCO3)c1. The van der Waals surface area contributed by atoms with E-state index in [0.29, 0.717) is 24.0 Å². The fraction of sp³-hybridized carbons (Fsp3) is 0.294. The van der Waals surface area contributed by atoms with E-state index in [2.05, 4.69) is 25.1 Å². The summed E-state index contributed by atoms with van der Waals surface area (Å²) >= 11 is 6.34. The summed E-state index contributed by atoms with van der Waals surface area (Å²) < 4.78 is 11.1. The normalized spacial score (nSPS) is 14.8. The molecule has 0 spiro atoms. The van der Waals surface area contributed by atoms with Crippen LogP contribution in [-0.2, 0) is 6.42 Å². The Balaban J connectivity index is 1.85. The van der Waals surface area contributed by atoms with E-state index in [0.717, 1.165) is 17.7 Å². The number of fused-ring (bicyclic) bond motifs is 1. The second kappa shape index (κ2) is 5.96. The first-order chi connectivity index (χ1) is 10.1. The molecule has 0 bridgehead atoms. The maximum absolute atomic E-state index is 6.34. The monoisotopic (exact) mass is 303 g/mol. The number of ether oxygens (including phenoxy) is 2. The molecule has 3 rings (SSSR count). The molecule has 0 fully saturated rings. The molecule has 110 valence electrons. The summed E-state index contributed by atoms with van der Waals surface area (Å²) in [4.78, 5) is 0. The van der Waals surface area contributed by atoms with Gasteiger partial charge < -0.3 is 15.2 Å². The molecular formula is C17H18ClNO2. The van der Waals surface area contributed by atoms with E-state index in [4.69, 9.17) is 26.8 Å². The molecule has 1 aliphatic heterocycles. The molecular weight excluding hydrogens is 286 g/mol. The molecule has 0 amide bonds. The average Bonchev–Trinajstić information content (AvgIpc) is 2.46. The molecule has 21 heavy (non-hydrogen) atoms. The largest absolute Gasteiger partial charge is 0.486 e. The standard InChI is InChI=1S/C17H18ClNO2/c1-11-3-2-4-12(7-11)8-15(19)13-9-16-17(10-14(13)18)21-6-5-20-16/h2-4,7,9-10,15H,5-6,8,19H2,1H3. The molecule has 2 aromatic rings. The van der Waals surface area contributed by atoms with Gasteiger partial charge in [0.25, 0.3) is 0 Å². The first-order valence-corrected chi connectivity index (χ1v) is 7.41. The number of benzene rings is 2. The minimum Gasteiger partial charge on any atom is -0.486 e. The van der Waals surface area contributed by atoms with Crippen LogP contribution in [0, 0.1) is 6.92 Å². The van der Waals surface area contributed by atoms with Crippen molar-refractivity contribution in [1.82, 2.24) is 0 Å². The number of nitrogens with two attached hydrogens (primary N) is 1. The number of hydrogen-bond donors (Lipinski definition) is 1. The molecule has 4 heteroatoms. The molecule has 1 aliphatic rings. The third-order valence-electron chi connectivity index (χ3n) is 3.60. The zero-order valence-corrected chi connectivity index (χ0v) is 12.7. The van der Waals surface area contributed by atoms with Crippen LogP contribution < -0.4 is 15.2 Å². The van der Waals surface area contributed by atoms with E-state index in [1.165, 1.54) is 11.1 Å². The predicted molar refractivity (Wildman–Crippen MR) is 84.3 cm³/mol. The number of halogens is 1. The van der Waals surface area contributed by atoms with Crippen LogP contribution in [0.1, 0.15) is 22.7 Å². The Morgan fingerprint density at radius 3 is 2.57 bits per heavy atom. The molecule has 2 aromatic carbocycles. The smallest absolute Gasteiger partial charge is 0.162 e. The van der Waals surface area contributed by atoms with E-state index in [9.17, 15) is 0 Å². The van der Waals surface area contributed by atoms with Crippen molar-refractivity contribution in [1.29, 1.82) is 0 Å². The molecule has 0 saturated heterocycles. The Morgan fingerprint density at radius 1 is 1.14 bits per heavy atom. The third-order valence-corrected chi connectivity index (χ3v) is 3.93. The lowest BCUT2D eigenvalue weighted by atomic mass is 9.98. The van der Waals surface area contributed by atoms with Gasteiger partial charge in [-0.1, -0.05) is 41.4 Å². The highest BCUT2D eigenvalue weighted by Crippen LogP contribution is 2.37. The van der Waals surface area contributed by atoms with Crippen molar-refractivity contribution < 1.29 is 9.47 Å². The van der Waals surface area contributed by atoms with E-state index in [-0.39, 0.29) is 6.04 Å². The van der Waals surface area contributed by atoms with Gasteiger partial charge in [0.05, 0.1) is 0 Å². The van der Waals surface area contributed by atoms with Crippen LogP contribution in [0.4, 0.5) is 0 Å². The Bertz CT molecular complexity index is 657. The molecule has 2 N–H and O–H groups in total. The maximum atomic E-state index is 6.34. The molecule has 3 nitrogen and oxygen atoms in total. The Morgan fingerprint density at radius 2 is 1.86 bits per heavy atom. The van der Waals surface area contributed by atoms with Gasteiger partial charge in [0.1, 0.15) is 13.2 Å². The third kappa shape index (κ3) is 3.14. The first kappa shape index (κ1) is 14.2. The lowest BCUT2D eigenvalue weighted by Crippen LogP contribution is -2.18.